The van der Waals surface area contributed by atoms with Crippen LogP contribution >= 0.6 is 0 Å². The third kappa shape index (κ3) is 16.0. The molecule has 0 heterocycles. The number of nitrogens with zero attached hydrogens (tertiary/aromatic N) is 2. The molecule has 0 saturated carbocycles. The number of amides is 3. The van der Waals surface area contributed by atoms with Crippen molar-refractivity contribution in [2.75, 3.05) is 21.1 Å². The van der Waals surface area contributed by atoms with Crippen LogP contribution in [0.5, 0.6) is 0 Å². The first kappa shape index (κ1) is 47.4. The van der Waals surface area contributed by atoms with Gasteiger partial charge in [0.1, 0.15) is 12.1 Å². The Balaban J connectivity index is 0. The molecular weight excluding hydrogens is 641 g/mol. The van der Waals surface area contributed by atoms with Gasteiger partial charge in [0.25, 0.3) is 0 Å². The van der Waals surface area contributed by atoms with Crippen LogP contribution in [-0.2, 0) is 27.2 Å². The highest BCUT2D eigenvalue weighted by Gasteiger charge is 2.37. The van der Waals surface area contributed by atoms with Crippen molar-refractivity contribution in [1.29, 1.82) is 0 Å². The molecular formula is C38H58F5N3O3. The minimum Gasteiger partial charge on any atom is -0.357 e. The van der Waals surface area contributed by atoms with Crippen LogP contribution in [0.2, 0.25) is 0 Å². The third-order valence-corrected chi connectivity index (χ3v) is 6.93. The number of carbonyl (C=O) groups is 3. The summed E-state index contributed by atoms with van der Waals surface area (Å²) in [5, 5.41) is 2.25. The van der Waals surface area contributed by atoms with E-state index in [9.17, 15) is 36.3 Å². The Bertz CT molecular complexity index is 1280. The molecule has 3 amide bonds. The number of hydrogen-bond acceptors (Lipinski definition) is 3. The van der Waals surface area contributed by atoms with E-state index in [4.69, 9.17) is 0 Å². The monoisotopic (exact) mass is 699 g/mol. The first-order valence-corrected chi connectivity index (χ1v) is 16.9. The molecule has 6 nitrogen and oxygen atoms in total. The van der Waals surface area contributed by atoms with Gasteiger partial charge in [0.2, 0.25) is 23.5 Å². The molecule has 0 aromatic heterocycles. The molecule has 0 radical (unpaired) electrons. The number of carbonyl (C=O) groups excluding carboxylic acids is 3. The molecule has 11 heteroatoms. The Hall–Kier alpha value is -3.76. The quantitative estimate of drug-likeness (QED) is 0.110. The summed E-state index contributed by atoms with van der Waals surface area (Å²) in [6.07, 6.45) is 6.52. The van der Waals surface area contributed by atoms with E-state index in [-0.39, 0.29) is 11.8 Å². The number of nitrogens with one attached hydrogen (secondary N) is 1. The van der Waals surface area contributed by atoms with Crippen molar-refractivity contribution < 1.29 is 36.3 Å². The number of unbranched alkanes of at least 4 members (excludes halogenated alkanes) is 1. The molecule has 49 heavy (non-hydrogen) atoms. The SMILES string of the molecule is CC.CCC.CCCC.CNC(=O)[C@@H](Cc1c(F)c(F)c(F)c(F)c1F)N(C)C(=O)[C@@H](Cc1ccccc1)N(C)C(=O)/C=C/CC(C)(C)C. The van der Waals surface area contributed by atoms with Crippen LogP contribution in [0, 0.1) is 34.5 Å². The Kier molecular flexibility index (Phi) is 23.6. The highest BCUT2D eigenvalue weighted by molar-refractivity contribution is 5.95. The van der Waals surface area contributed by atoms with E-state index in [0.29, 0.717) is 12.0 Å². The molecule has 0 aliphatic rings. The van der Waals surface area contributed by atoms with Crippen molar-refractivity contribution >= 4 is 17.7 Å². The van der Waals surface area contributed by atoms with Gasteiger partial charge in [-0.1, -0.05) is 118 Å². The summed E-state index contributed by atoms with van der Waals surface area (Å²) in [5.41, 5.74) is -0.637. The molecule has 0 unspecified atom stereocenters. The van der Waals surface area contributed by atoms with Gasteiger partial charge >= 0.3 is 0 Å². The fraction of sp³-hybridized carbons (Fsp3) is 0.553. The van der Waals surface area contributed by atoms with Crippen LogP contribution in [0.15, 0.2) is 42.5 Å². The maximum Gasteiger partial charge on any atom is 0.246 e. The number of hydrogen-bond donors (Lipinski definition) is 1. The number of likely N-dealkylation sites (N-methyl/N-ethyl adjacent to an activating group) is 3. The van der Waals surface area contributed by atoms with Crippen molar-refractivity contribution in [2.24, 2.45) is 5.41 Å². The zero-order valence-electron chi connectivity index (χ0n) is 31.4. The van der Waals surface area contributed by atoms with Crippen molar-refractivity contribution in [3.05, 3.63) is 82.7 Å². The van der Waals surface area contributed by atoms with Gasteiger partial charge in [-0.3, -0.25) is 14.4 Å². The smallest absolute Gasteiger partial charge is 0.246 e. The fourth-order valence-electron chi connectivity index (χ4n) is 4.00. The Labute approximate surface area is 291 Å². The van der Waals surface area contributed by atoms with Crippen molar-refractivity contribution in [3.8, 4) is 0 Å². The molecule has 2 aromatic carbocycles. The average Bonchev–Trinajstić information content (AvgIpc) is 3.08. The fourth-order valence-corrected chi connectivity index (χ4v) is 4.00. The molecule has 2 aromatic rings. The van der Waals surface area contributed by atoms with E-state index in [1.807, 2.05) is 34.6 Å². The van der Waals surface area contributed by atoms with Gasteiger partial charge in [0, 0.05) is 39.5 Å². The molecule has 0 aliphatic heterocycles. The van der Waals surface area contributed by atoms with Crippen molar-refractivity contribution in [3.63, 3.8) is 0 Å². The second-order valence-corrected chi connectivity index (χ2v) is 12.4. The predicted molar refractivity (Wildman–Crippen MR) is 188 cm³/mol. The standard InChI is InChI=1S/C29H34F5N3O3.C4H10.C3H8.C2H6/c1-29(2,3)14-10-13-21(38)36(5)20(15-17-11-8-7-9-12-17)28(40)37(6)19(27(39)35-4)16-18-22(30)24(32)26(34)25(33)23(18)31;1-3-4-2;1-3-2;1-2/h7-13,19-20H,14-16H2,1-6H3,(H,35,39);3-4H2,1-2H3;3H2,1-2H3;1-2H3/b13-10+;;;/t19-,20-;;;/m1.../s1. The summed E-state index contributed by atoms with van der Waals surface area (Å²) in [4.78, 5) is 41.6. The predicted octanol–water partition coefficient (Wildman–Crippen LogP) is 8.81. The third-order valence-electron chi connectivity index (χ3n) is 6.93. The lowest BCUT2D eigenvalue weighted by Crippen LogP contribution is -2.55. The maximum atomic E-state index is 14.5. The Morgan fingerprint density at radius 3 is 1.61 bits per heavy atom. The Morgan fingerprint density at radius 1 is 0.755 bits per heavy atom. The molecule has 0 spiro atoms. The van der Waals surface area contributed by atoms with Crippen LogP contribution in [-0.4, -0.2) is 60.7 Å². The van der Waals surface area contributed by atoms with Gasteiger partial charge in [0.15, 0.2) is 23.3 Å². The van der Waals surface area contributed by atoms with Gasteiger partial charge in [0.05, 0.1) is 0 Å². The lowest BCUT2D eigenvalue weighted by molar-refractivity contribution is -0.146. The number of allylic oxidation sites excluding steroid dienone is 1. The summed E-state index contributed by atoms with van der Waals surface area (Å²) in [6.45, 7) is 18.6. The first-order valence-electron chi connectivity index (χ1n) is 16.9. The number of benzene rings is 2. The molecule has 278 valence electrons. The van der Waals surface area contributed by atoms with Crippen LogP contribution in [0.3, 0.4) is 0 Å². The highest BCUT2D eigenvalue weighted by atomic mass is 19.2. The summed E-state index contributed by atoms with van der Waals surface area (Å²) in [5.74, 6) is -13.0. The van der Waals surface area contributed by atoms with E-state index in [1.165, 1.54) is 51.4 Å². The van der Waals surface area contributed by atoms with E-state index in [2.05, 4.69) is 33.0 Å². The number of rotatable bonds is 11. The molecule has 0 bridgehead atoms. The van der Waals surface area contributed by atoms with Crippen LogP contribution in [0.1, 0.15) is 99.1 Å². The zero-order valence-corrected chi connectivity index (χ0v) is 31.4. The van der Waals surface area contributed by atoms with E-state index in [0.717, 1.165) is 4.90 Å². The van der Waals surface area contributed by atoms with E-state index < -0.39 is 70.9 Å². The Morgan fingerprint density at radius 2 is 1.20 bits per heavy atom. The molecule has 0 aliphatic carbocycles. The molecule has 0 fully saturated rings. The second-order valence-electron chi connectivity index (χ2n) is 12.4. The van der Waals surface area contributed by atoms with Gasteiger partial charge in [-0.05, 0) is 23.5 Å². The summed E-state index contributed by atoms with van der Waals surface area (Å²) >= 11 is 0. The normalized spacial score (nSPS) is 11.9. The zero-order chi connectivity index (χ0) is 38.5. The van der Waals surface area contributed by atoms with Crippen LogP contribution in [0.4, 0.5) is 22.0 Å². The summed E-state index contributed by atoms with van der Waals surface area (Å²) in [7, 11) is 3.77. The first-order chi connectivity index (χ1) is 22.9. The molecule has 2 atom stereocenters. The average molecular weight is 700 g/mol. The van der Waals surface area contributed by atoms with Crippen LogP contribution in [0.25, 0.3) is 0 Å². The molecule has 1 N–H and O–H groups in total. The van der Waals surface area contributed by atoms with E-state index in [1.54, 1.807) is 36.4 Å². The highest BCUT2D eigenvalue weighted by Crippen LogP contribution is 2.26. The van der Waals surface area contributed by atoms with E-state index >= 15 is 0 Å². The van der Waals surface area contributed by atoms with Crippen LogP contribution < -0.4 is 5.32 Å². The largest absolute Gasteiger partial charge is 0.357 e. The summed E-state index contributed by atoms with van der Waals surface area (Å²) < 4.78 is 70.2. The maximum absolute atomic E-state index is 14.5. The van der Waals surface area contributed by atoms with Gasteiger partial charge in [-0.25, -0.2) is 22.0 Å². The lowest BCUT2D eigenvalue weighted by Gasteiger charge is -2.34. The van der Waals surface area contributed by atoms with Gasteiger partial charge < -0.3 is 15.1 Å². The lowest BCUT2D eigenvalue weighted by atomic mass is 9.92. The molecule has 2 rings (SSSR count). The van der Waals surface area contributed by atoms with Gasteiger partial charge in [-0.15, -0.1) is 0 Å². The minimum atomic E-state index is -2.33. The summed E-state index contributed by atoms with van der Waals surface area (Å²) in [6, 6.07) is 5.89. The second kappa shape index (κ2) is 24.4. The minimum absolute atomic E-state index is 0.0301. The number of halogens is 5. The van der Waals surface area contributed by atoms with Gasteiger partial charge in [-0.2, -0.15) is 0 Å². The van der Waals surface area contributed by atoms with Crippen molar-refractivity contribution in [2.45, 2.75) is 113 Å². The molecule has 0 saturated heterocycles. The van der Waals surface area contributed by atoms with Crippen molar-refractivity contribution in [1.82, 2.24) is 15.1 Å². The topological polar surface area (TPSA) is 69.7 Å².